The maximum Gasteiger partial charge on any atom is 0.387 e. The fourth-order valence-electron chi connectivity index (χ4n) is 2.13. The van der Waals surface area contributed by atoms with Crippen molar-refractivity contribution in [3.63, 3.8) is 0 Å². The highest BCUT2D eigenvalue weighted by Gasteiger charge is 2.19. The van der Waals surface area contributed by atoms with Crippen LogP contribution in [0.1, 0.15) is 15.9 Å². The summed E-state index contributed by atoms with van der Waals surface area (Å²) in [6, 6.07) is 11.8. The summed E-state index contributed by atoms with van der Waals surface area (Å²) in [6.07, 6.45) is 0. The Labute approximate surface area is 144 Å². The standard InChI is InChI=1S/C18H19F2NO4/c1-12-6-8-13(9-7-12)24-11-10-21-17(22)14-4-3-5-15(23-2)16(14)25-18(19)20/h3-9,18H,10-11H2,1-2H3,(H,21,22). The molecule has 7 heteroatoms. The molecule has 0 aliphatic heterocycles. The summed E-state index contributed by atoms with van der Waals surface area (Å²) in [6.45, 7) is -0.647. The van der Waals surface area contributed by atoms with Crippen LogP contribution < -0.4 is 19.5 Å². The third kappa shape index (κ3) is 5.34. The normalized spacial score (nSPS) is 10.4. The Bertz CT molecular complexity index is 705. The zero-order chi connectivity index (χ0) is 18.2. The van der Waals surface area contributed by atoms with E-state index in [9.17, 15) is 13.6 Å². The van der Waals surface area contributed by atoms with E-state index in [1.807, 2.05) is 31.2 Å². The summed E-state index contributed by atoms with van der Waals surface area (Å²) >= 11 is 0. The molecule has 0 spiro atoms. The van der Waals surface area contributed by atoms with Gasteiger partial charge < -0.3 is 19.5 Å². The van der Waals surface area contributed by atoms with Crippen molar-refractivity contribution < 1.29 is 27.8 Å². The molecule has 0 radical (unpaired) electrons. The molecule has 5 nitrogen and oxygen atoms in total. The number of benzene rings is 2. The van der Waals surface area contributed by atoms with Gasteiger partial charge in [-0.15, -0.1) is 0 Å². The first kappa shape index (κ1) is 18.5. The van der Waals surface area contributed by atoms with Gasteiger partial charge in [-0.25, -0.2) is 0 Å². The predicted molar refractivity (Wildman–Crippen MR) is 88.6 cm³/mol. The van der Waals surface area contributed by atoms with Gasteiger partial charge in [0.15, 0.2) is 11.5 Å². The quantitative estimate of drug-likeness (QED) is 0.741. The Balaban J connectivity index is 1.95. The Kier molecular flexibility index (Phi) is 6.56. The van der Waals surface area contributed by atoms with Gasteiger partial charge in [0.05, 0.1) is 19.2 Å². The second kappa shape index (κ2) is 8.86. The second-order valence-electron chi connectivity index (χ2n) is 5.13. The minimum atomic E-state index is -3.06. The van der Waals surface area contributed by atoms with E-state index in [0.717, 1.165) is 5.56 Å². The van der Waals surface area contributed by atoms with Crippen LogP contribution in [0.2, 0.25) is 0 Å². The molecule has 25 heavy (non-hydrogen) atoms. The zero-order valence-corrected chi connectivity index (χ0v) is 13.9. The molecule has 2 aromatic carbocycles. The van der Waals surface area contributed by atoms with Gasteiger partial charge in [0.2, 0.25) is 0 Å². The molecule has 0 aliphatic carbocycles. The van der Waals surface area contributed by atoms with Crippen LogP contribution in [0.15, 0.2) is 42.5 Å². The number of carbonyl (C=O) groups excluding carboxylic acids is 1. The van der Waals surface area contributed by atoms with Crippen LogP contribution in [0, 0.1) is 6.92 Å². The van der Waals surface area contributed by atoms with Crippen LogP contribution >= 0.6 is 0 Å². The molecule has 0 heterocycles. The van der Waals surface area contributed by atoms with E-state index in [4.69, 9.17) is 9.47 Å². The molecule has 0 saturated carbocycles. The number of alkyl halides is 2. The Hall–Kier alpha value is -2.83. The molecule has 0 bridgehead atoms. The number of carbonyl (C=O) groups is 1. The van der Waals surface area contributed by atoms with Gasteiger partial charge in [0.1, 0.15) is 12.4 Å². The highest BCUT2D eigenvalue weighted by Crippen LogP contribution is 2.32. The van der Waals surface area contributed by atoms with E-state index in [1.165, 1.54) is 25.3 Å². The molecule has 134 valence electrons. The van der Waals surface area contributed by atoms with E-state index >= 15 is 0 Å². The topological polar surface area (TPSA) is 56.8 Å². The SMILES string of the molecule is COc1cccc(C(=O)NCCOc2ccc(C)cc2)c1OC(F)F. The van der Waals surface area contributed by atoms with Crippen molar-refractivity contribution in [2.75, 3.05) is 20.3 Å². The van der Waals surface area contributed by atoms with Gasteiger partial charge >= 0.3 is 6.61 Å². The molecule has 0 unspecified atom stereocenters. The number of hydrogen-bond donors (Lipinski definition) is 1. The number of methoxy groups -OCH3 is 1. The first-order valence-electron chi connectivity index (χ1n) is 7.60. The van der Waals surface area contributed by atoms with Crippen molar-refractivity contribution in [2.45, 2.75) is 13.5 Å². The summed E-state index contributed by atoms with van der Waals surface area (Å²) in [5, 5.41) is 2.60. The molecule has 1 amide bonds. The summed E-state index contributed by atoms with van der Waals surface area (Å²) < 4.78 is 40.0. The molecule has 0 fully saturated rings. The van der Waals surface area contributed by atoms with Gasteiger partial charge in [-0.1, -0.05) is 23.8 Å². The van der Waals surface area contributed by atoms with Crippen molar-refractivity contribution in [2.24, 2.45) is 0 Å². The van der Waals surface area contributed by atoms with Gasteiger partial charge in [-0.05, 0) is 31.2 Å². The fraction of sp³-hybridized carbons (Fsp3) is 0.278. The highest BCUT2D eigenvalue weighted by atomic mass is 19.3. The molecule has 1 N–H and O–H groups in total. The van der Waals surface area contributed by atoms with Crippen molar-refractivity contribution in [1.29, 1.82) is 0 Å². The summed E-state index contributed by atoms with van der Waals surface area (Å²) in [4.78, 5) is 12.2. The number of hydrogen-bond acceptors (Lipinski definition) is 4. The van der Waals surface area contributed by atoms with Crippen LogP contribution in [0.4, 0.5) is 8.78 Å². The average Bonchev–Trinajstić information content (AvgIpc) is 2.59. The smallest absolute Gasteiger partial charge is 0.387 e. The predicted octanol–water partition coefficient (Wildman–Crippen LogP) is 3.41. The van der Waals surface area contributed by atoms with Crippen LogP contribution in [0.3, 0.4) is 0 Å². The summed E-state index contributed by atoms with van der Waals surface area (Å²) in [5.74, 6) is -0.106. The van der Waals surface area contributed by atoms with E-state index in [2.05, 4.69) is 10.1 Å². The molecule has 2 rings (SSSR count). The van der Waals surface area contributed by atoms with E-state index in [1.54, 1.807) is 0 Å². The van der Waals surface area contributed by atoms with Crippen LogP contribution in [0.5, 0.6) is 17.2 Å². The third-order valence-corrected chi connectivity index (χ3v) is 3.33. The first-order chi connectivity index (χ1) is 12.0. The minimum Gasteiger partial charge on any atom is -0.493 e. The molecular weight excluding hydrogens is 332 g/mol. The first-order valence-corrected chi connectivity index (χ1v) is 7.60. The van der Waals surface area contributed by atoms with Crippen molar-refractivity contribution in [3.05, 3.63) is 53.6 Å². The molecule has 0 saturated heterocycles. The van der Waals surface area contributed by atoms with E-state index in [0.29, 0.717) is 5.75 Å². The van der Waals surface area contributed by atoms with Gasteiger partial charge in [-0.3, -0.25) is 4.79 Å². The molecular formula is C18H19F2NO4. The van der Waals surface area contributed by atoms with Gasteiger partial charge in [0, 0.05) is 0 Å². The number of amides is 1. The van der Waals surface area contributed by atoms with Crippen molar-refractivity contribution >= 4 is 5.91 Å². The van der Waals surface area contributed by atoms with Gasteiger partial charge in [0.25, 0.3) is 5.91 Å². The van der Waals surface area contributed by atoms with Crippen LogP contribution in [-0.4, -0.2) is 32.8 Å². The lowest BCUT2D eigenvalue weighted by Gasteiger charge is -2.14. The Morgan fingerprint density at radius 1 is 1.16 bits per heavy atom. The molecule has 0 aliphatic rings. The van der Waals surface area contributed by atoms with Crippen LogP contribution in [-0.2, 0) is 0 Å². The monoisotopic (exact) mass is 351 g/mol. The maximum atomic E-state index is 12.6. The van der Waals surface area contributed by atoms with Crippen molar-refractivity contribution in [3.8, 4) is 17.2 Å². The van der Waals surface area contributed by atoms with Crippen molar-refractivity contribution in [1.82, 2.24) is 5.32 Å². The lowest BCUT2D eigenvalue weighted by Crippen LogP contribution is -2.28. The van der Waals surface area contributed by atoms with E-state index in [-0.39, 0.29) is 30.2 Å². The largest absolute Gasteiger partial charge is 0.493 e. The van der Waals surface area contributed by atoms with E-state index < -0.39 is 12.5 Å². The average molecular weight is 351 g/mol. The molecule has 0 aromatic heterocycles. The zero-order valence-electron chi connectivity index (χ0n) is 13.9. The number of halogens is 2. The number of para-hydroxylation sites is 1. The highest BCUT2D eigenvalue weighted by molar-refractivity contribution is 5.97. The fourth-order valence-corrected chi connectivity index (χ4v) is 2.13. The Morgan fingerprint density at radius 2 is 1.88 bits per heavy atom. The lowest BCUT2D eigenvalue weighted by molar-refractivity contribution is -0.0515. The lowest BCUT2D eigenvalue weighted by atomic mass is 10.1. The summed E-state index contributed by atoms with van der Waals surface area (Å²) in [5.41, 5.74) is 1.08. The third-order valence-electron chi connectivity index (χ3n) is 3.33. The molecule has 0 atom stereocenters. The number of aryl methyl sites for hydroxylation is 1. The van der Waals surface area contributed by atoms with Crippen LogP contribution in [0.25, 0.3) is 0 Å². The molecule has 2 aromatic rings. The number of rotatable bonds is 8. The second-order valence-corrected chi connectivity index (χ2v) is 5.13. The number of nitrogens with one attached hydrogen (secondary N) is 1. The van der Waals surface area contributed by atoms with Gasteiger partial charge in [-0.2, -0.15) is 8.78 Å². The Morgan fingerprint density at radius 3 is 2.52 bits per heavy atom. The minimum absolute atomic E-state index is 0.0324. The maximum absolute atomic E-state index is 12.6. The summed E-state index contributed by atoms with van der Waals surface area (Å²) in [7, 11) is 1.31. The number of ether oxygens (including phenoxy) is 3.